The smallest absolute Gasteiger partial charge is 0.255 e. The summed E-state index contributed by atoms with van der Waals surface area (Å²) in [4.78, 5) is 22.9. The lowest BCUT2D eigenvalue weighted by molar-refractivity contribution is 0.0790. The van der Waals surface area contributed by atoms with E-state index in [1.807, 2.05) is 17.0 Å². The van der Waals surface area contributed by atoms with Crippen LogP contribution < -0.4 is 5.73 Å². The van der Waals surface area contributed by atoms with Crippen LogP contribution in [0.5, 0.6) is 0 Å². The first-order valence-electron chi connectivity index (χ1n) is 9.41. The Kier molecular flexibility index (Phi) is 5.22. The van der Waals surface area contributed by atoms with Gasteiger partial charge in [0.2, 0.25) is 0 Å². The fourth-order valence-corrected chi connectivity index (χ4v) is 3.65. The third kappa shape index (κ3) is 3.95. The predicted octanol–water partition coefficient (Wildman–Crippen LogP) is 2.99. The molecule has 1 aromatic carbocycles. The summed E-state index contributed by atoms with van der Waals surface area (Å²) in [7, 11) is 0. The Morgan fingerprint density at radius 1 is 1.21 bits per heavy atom. The monoisotopic (exact) mass is 392 g/mol. The first-order chi connectivity index (χ1) is 14.0. The van der Waals surface area contributed by atoms with Gasteiger partial charge in [0.15, 0.2) is 0 Å². The Morgan fingerprint density at radius 2 is 2.07 bits per heavy atom. The molecule has 1 fully saturated rings. The predicted molar refractivity (Wildman–Crippen MR) is 107 cm³/mol. The van der Waals surface area contributed by atoms with Crippen molar-refractivity contribution < 1.29 is 14.3 Å². The largest absolute Gasteiger partial charge is 0.392 e. The molecule has 7 heteroatoms. The highest BCUT2D eigenvalue weighted by Crippen LogP contribution is 2.30. The van der Waals surface area contributed by atoms with Crippen LogP contribution in [0, 0.1) is 5.82 Å². The highest BCUT2D eigenvalue weighted by Gasteiger charge is 2.28. The van der Waals surface area contributed by atoms with E-state index >= 15 is 0 Å². The van der Waals surface area contributed by atoms with Gasteiger partial charge in [-0.15, -0.1) is 0 Å². The van der Waals surface area contributed by atoms with Crippen molar-refractivity contribution in [2.24, 2.45) is 0 Å². The van der Waals surface area contributed by atoms with Crippen LogP contribution in [0.3, 0.4) is 0 Å². The van der Waals surface area contributed by atoms with E-state index in [1.165, 1.54) is 12.3 Å². The molecule has 0 aliphatic carbocycles. The summed E-state index contributed by atoms with van der Waals surface area (Å²) in [6, 6.07) is 11.8. The molecule has 0 spiro atoms. The van der Waals surface area contributed by atoms with E-state index in [0.29, 0.717) is 30.2 Å². The number of hydrogen-bond acceptors (Lipinski definition) is 5. The number of likely N-dealkylation sites (tertiary alicyclic amines) is 1. The van der Waals surface area contributed by atoms with Crippen molar-refractivity contribution in [3.8, 4) is 11.3 Å². The fraction of sp³-hybridized carbons (Fsp3) is 0.227. The summed E-state index contributed by atoms with van der Waals surface area (Å²) in [5, 5.41) is 9.30. The van der Waals surface area contributed by atoms with Gasteiger partial charge in [-0.1, -0.05) is 0 Å². The number of pyridine rings is 2. The summed E-state index contributed by atoms with van der Waals surface area (Å²) in [6.07, 6.45) is 4.08. The Morgan fingerprint density at radius 3 is 2.83 bits per heavy atom. The molecule has 0 bridgehead atoms. The van der Waals surface area contributed by atoms with Crippen molar-refractivity contribution in [1.29, 1.82) is 0 Å². The van der Waals surface area contributed by atoms with Gasteiger partial charge in [0.1, 0.15) is 11.6 Å². The molecule has 29 heavy (non-hydrogen) atoms. The maximum absolute atomic E-state index is 13.7. The highest BCUT2D eigenvalue weighted by atomic mass is 19.1. The number of rotatable bonds is 4. The number of aliphatic hydroxyl groups is 1. The molecule has 2 aromatic heterocycles. The number of aliphatic hydroxyl groups excluding tert-OH is 1. The van der Waals surface area contributed by atoms with Crippen molar-refractivity contribution >= 4 is 11.7 Å². The van der Waals surface area contributed by atoms with Crippen LogP contribution in [0.25, 0.3) is 11.3 Å². The van der Waals surface area contributed by atoms with Crippen LogP contribution in [0.1, 0.15) is 33.8 Å². The SMILES string of the molecule is Nc1ccc(C(=O)N2CC[C@@H](c3ccnc(-c4ccc(F)c(CO)c4)c3)C2)cn1. The summed E-state index contributed by atoms with van der Waals surface area (Å²) in [5.41, 5.74) is 8.89. The quantitative estimate of drug-likeness (QED) is 0.712. The second-order valence-electron chi connectivity index (χ2n) is 7.15. The number of amides is 1. The molecule has 1 aliphatic rings. The van der Waals surface area contributed by atoms with Gasteiger partial charge in [-0.2, -0.15) is 0 Å². The minimum atomic E-state index is -0.436. The van der Waals surface area contributed by atoms with E-state index in [4.69, 9.17) is 5.73 Å². The Hall–Kier alpha value is -3.32. The number of aromatic nitrogens is 2. The normalized spacial score (nSPS) is 16.2. The number of nitrogens with two attached hydrogens (primary N) is 1. The molecule has 1 amide bonds. The Balaban J connectivity index is 1.52. The van der Waals surface area contributed by atoms with Crippen LogP contribution in [-0.2, 0) is 6.61 Å². The van der Waals surface area contributed by atoms with E-state index in [0.717, 1.165) is 17.5 Å². The number of halogens is 1. The van der Waals surface area contributed by atoms with Crippen molar-refractivity contribution in [3.05, 3.63) is 77.4 Å². The van der Waals surface area contributed by atoms with Crippen molar-refractivity contribution in [1.82, 2.24) is 14.9 Å². The van der Waals surface area contributed by atoms with Gasteiger partial charge in [-0.25, -0.2) is 9.37 Å². The first-order valence-corrected chi connectivity index (χ1v) is 9.41. The number of hydrogen-bond donors (Lipinski definition) is 2. The lowest BCUT2D eigenvalue weighted by atomic mass is 9.97. The Labute approximate surface area is 167 Å². The van der Waals surface area contributed by atoms with Crippen LogP contribution in [0.2, 0.25) is 0 Å². The number of nitrogen functional groups attached to an aromatic ring is 1. The van der Waals surface area contributed by atoms with Crippen LogP contribution >= 0.6 is 0 Å². The number of anilines is 1. The zero-order chi connectivity index (χ0) is 20.4. The average molecular weight is 392 g/mol. The van der Waals surface area contributed by atoms with Gasteiger partial charge in [0, 0.05) is 42.5 Å². The van der Waals surface area contributed by atoms with Gasteiger partial charge in [0.05, 0.1) is 17.9 Å². The molecule has 3 heterocycles. The van der Waals surface area contributed by atoms with Crippen molar-refractivity contribution in [2.45, 2.75) is 18.9 Å². The molecule has 1 aliphatic heterocycles. The second-order valence-corrected chi connectivity index (χ2v) is 7.15. The molecule has 0 saturated carbocycles. The van der Waals surface area contributed by atoms with Gasteiger partial charge in [0.25, 0.3) is 5.91 Å². The van der Waals surface area contributed by atoms with E-state index in [-0.39, 0.29) is 24.0 Å². The molecule has 3 N–H and O–H groups in total. The van der Waals surface area contributed by atoms with E-state index in [1.54, 1.807) is 30.5 Å². The fourth-order valence-electron chi connectivity index (χ4n) is 3.65. The van der Waals surface area contributed by atoms with Crippen molar-refractivity contribution in [3.63, 3.8) is 0 Å². The molecule has 0 radical (unpaired) electrons. The minimum Gasteiger partial charge on any atom is -0.392 e. The molecule has 4 rings (SSSR count). The topological polar surface area (TPSA) is 92.3 Å². The maximum atomic E-state index is 13.7. The average Bonchev–Trinajstić information content (AvgIpc) is 3.24. The third-order valence-corrected chi connectivity index (χ3v) is 5.28. The number of carbonyl (C=O) groups is 1. The van der Waals surface area contributed by atoms with Crippen molar-refractivity contribution in [2.75, 3.05) is 18.8 Å². The van der Waals surface area contributed by atoms with Gasteiger partial charge in [-0.3, -0.25) is 9.78 Å². The standard InChI is InChI=1S/C22H21FN4O2/c23-19-3-1-15(9-18(19)13-28)20-10-14(5-7-25-20)17-6-8-27(12-17)22(29)16-2-4-21(24)26-11-16/h1-5,7,9-11,17,28H,6,8,12-13H2,(H2,24,26)/t17-/m1/s1. The van der Waals surface area contributed by atoms with E-state index in [2.05, 4.69) is 9.97 Å². The molecule has 1 atom stereocenters. The number of benzene rings is 1. The van der Waals surface area contributed by atoms with Crippen LogP contribution in [0.4, 0.5) is 10.2 Å². The summed E-state index contributed by atoms with van der Waals surface area (Å²) in [6.45, 7) is 0.910. The zero-order valence-electron chi connectivity index (χ0n) is 15.8. The molecule has 6 nitrogen and oxygen atoms in total. The van der Waals surface area contributed by atoms with Crippen LogP contribution in [0.15, 0.2) is 54.9 Å². The summed E-state index contributed by atoms with van der Waals surface area (Å²) >= 11 is 0. The van der Waals surface area contributed by atoms with E-state index < -0.39 is 5.82 Å². The molecule has 1 saturated heterocycles. The number of carbonyl (C=O) groups excluding carboxylic acids is 1. The summed E-state index contributed by atoms with van der Waals surface area (Å²) < 4.78 is 13.7. The number of nitrogens with zero attached hydrogens (tertiary/aromatic N) is 3. The molecule has 3 aromatic rings. The minimum absolute atomic E-state index is 0.0552. The maximum Gasteiger partial charge on any atom is 0.255 e. The van der Waals surface area contributed by atoms with Crippen LogP contribution in [-0.4, -0.2) is 39.0 Å². The van der Waals surface area contributed by atoms with Gasteiger partial charge in [-0.05, 0) is 54.4 Å². The zero-order valence-corrected chi connectivity index (χ0v) is 15.8. The Bertz CT molecular complexity index is 1040. The summed E-state index contributed by atoms with van der Waals surface area (Å²) in [5.74, 6) is 0.0884. The second kappa shape index (κ2) is 7.97. The molecular formula is C22H21FN4O2. The van der Waals surface area contributed by atoms with Gasteiger partial charge >= 0.3 is 0 Å². The lowest BCUT2D eigenvalue weighted by Gasteiger charge is -2.17. The van der Waals surface area contributed by atoms with Gasteiger partial charge < -0.3 is 15.7 Å². The third-order valence-electron chi connectivity index (χ3n) is 5.28. The highest BCUT2D eigenvalue weighted by molar-refractivity contribution is 5.94. The lowest BCUT2D eigenvalue weighted by Crippen LogP contribution is -2.28. The van der Waals surface area contributed by atoms with E-state index in [9.17, 15) is 14.3 Å². The first kappa shape index (κ1) is 19.0. The molecular weight excluding hydrogens is 371 g/mol. The molecule has 148 valence electrons. The molecule has 0 unspecified atom stereocenters.